The summed E-state index contributed by atoms with van der Waals surface area (Å²) in [5.41, 5.74) is 1.32. The summed E-state index contributed by atoms with van der Waals surface area (Å²) in [5, 5.41) is 3.13. The number of nitrogens with one attached hydrogen (secondary N) is 1. The fourth-order valence-corrected chi connectivity index (χ4v) is 3.77. The Bertz CT molecular complexity index is 871. The average Bonchev–Trinajstić information content (AvgIpc) is 2.94. The lowest BCUT2D eigenvalue weighted by Gasteiger charge is -2.23. The summed E-state index contributed by atoms with van der Waals surface area (Å²) in [7, 11) is 0. The Labute approximate surface area is 174 Å². The predicted octanol–water partition coefficient (Wildman–Crippen LogP) is 2.86. The van der Waals surface area contributed by atoms with E-state index in [1.165, 1.54) is 13.8 Å². The first kappa shape index (κ1) is 21.0. The van der Waals surface area contributed by atoms with Crippen molar-refractivity contribution in [3.05, 3.63) is 40.9 Å². The van der Waals surface area contributed by atoms with Crippen molar-refractivity contribution in [3.63, 3.8) is 0 Å². The van der Waals surface area contributed by atoms with E-state index in [0.29, 0.717) is 23.6 Å². The lowest BCUT2D eigenvalue weighted by Crippen LogP contribution is -2.46. The lowest BCUT2D eigenvalue weighted by atomic mass is 9.85. The van der Waals surface area contributed by atoms with Crippen LogP contribution in [0.2, 0.25) is 5.02 Å². The molecule has 0 unspecified atom stereocenters. The molecule has 8 heteroatoms. The van der Waals surface area contributed by atoms with Crippen LogP contribution in [0.5, 0.6) is 0 Å². The second-order valence-corrected chi connectivity index (χ2v) is 7.84. The molecule has 0 aromatic heterocycles. The SMILES string of the molecule is Cc1ccc(Cl)cc1NC(=O)[C@@H](C)OC(=O)[C@H](C)N1C(=O)[C@H]2CC=CC[C@H]2C1=O. The van der Waals surface area contributed by atoms with Gasteiger partial charge in [-0.2, -0.15) is 0 Å². The Hall–Kier alpha value is -2.67. The van der Waals surface area contributed by atoms with Gasteiger partial charge in [0.15, 0.2) is 6.10 Å². The molecule has 3 rings (SSSR count). The minimum atomic E-state index is -1.11. The van der Waals surface area contributed by atoms with E-state index < -0.39 is 35.9 Å². The molecule has 0 radical (unpaired) electrons. The zero-order valence-corrected chi connectivity index (χ0v) is 17.2. The van der Waals surface area contributed by atoms with Gasteiger partial charge in [0.05, 0.1) is 11.8 Å². The van der Waals surface area contributed by atoms with E-state index in [1.54, 1.807) is 18.2 Å². The third kappa shape index (κ3) is 4.19. The number of imide groups is 1. The Morgan fingerprint density at radius 3 is 2.31 bits per heavy atom. The number of likely N-dealkylation sites (tertiary alicyclic amines) is 1. The maximum absolute atomic E-state index is 12.6. The van der Waals surface area contributed by atoms with Gasteiger partial charge in [0, 0.05) is 10.7 Å². The zero-order chi connectivity index (χ0) is 21.3. The molecule has 0 saturated carbocycles. The van der Waals surface area contributed by atoms with Crippen molar-refractivity contribution in [2.75, 3.05) is 5.32 Å². The van der Waals surface area contributed by atoms with Crippen molar-refractivity contribution >= 4 is 41.0 Å². The van der Waals surface area contributed by atoms with Gasteiger partial charge in [-0.25, -0.2) is 4.79 Å². The Balaban J connectivity index is 1.63. The van der Waals surface area contributed by atoms with Gasteiger partial charge in [-0.15, -0.1) is 0 Å². The molecule has 29 heavy (non-hydrogen) atoms. The number of aryl methyl sites for hydroxylation is 1. The van der Waals surface area contributed by atoms with E-state index in [2.05, 4.69) is 5.32 Å². The maximum atomic E-state index is 12.6. The number of rotatable bonds is 5. The van der Waals surface area contributed by atoms with Crippen LogP contribution < -0.4 is 5.32 Å². The number of carbonyl (C=O) groups is 4. The summed E-state index contributed by atoms with van der Waals surface area (Å²) in [4.78, 5) is 51.1. The standard InChI is InChI=1S/C21H23ClN2O5/c1-11-8-9-14(22)10-17(11)23-18(25)13(3)29-21(28)12(2)24-19(26)15-6-4-5-7-16(15)20(24)27/h4-5,8-10,12-13,15-16H,6-7H2,1-3H3,(H,23,25)/t12-,13+,15-,16+/m0/s1. The number of anilines is 1. The second kappa shape index (κ2) is 8.37. The summed E-state index contributed by atoms with van der Waals surface area (Å²) in [6, 6.07) is 3.97. The highest BCUT2D eigenvalue weighted by Gasteiger charge is 2.50. The van der Waals surface area contributed by atoms with Gasteiger partial charge in [-0.1, -0.05) is 29.8 Å². The van der Waals surface area contributed by atoms with E-state index in [-0.39, 0.29) is 11.8 Å². The number of carbonyl (C=O) groups excluding carboxylic acids is 4. The molecule has 4 atom stereocenters. The van der Waals surface area contributed by atoms with Crippen molar-refractivity contribution in [1.82, 2.24) is 4.90 Å². The van der Waals surface area contributed by atoms with E-state index in [1.807, 2.05) is 19.1 Å². The number of hydrogen-bond donors (Lipinski definition) is 1. The highest BCUT2D eigenvalue weighted by molar-refractivity contribution is 6.31. The number of benzene rings is 1. The third-order valence-electron chi connectivity index (χ3n) is 5.39. The minimum absolute atomic E-state index is 0.361. The smallest absolute Gasteiger partial charge is 0.329 e. The van der Waals surface area contributed by atoms with Crippen LogP contribution in [0.1, 0.15) is 32.3 Å². The number of ether oxygens (including phenoxy) is 1. The summed E-state index contributed by atoms with van der Waals surface area (Å²) >= 11 is 5.95. The second-order valence-electron chi connectivity index (χ2n) is 7.41. The molecule has 154 valence electrons. The molecule has 1 aliphatic heterocycles. The van der Waals surface area contributed by atoms with Gasteiger partial charge in [0.2, 0.25) is 11.8 Å². The summed E-state index contributed by atoms with van der Waals surface area (Å²) in [5.74, 6) is -2.90. The number of esters is 1. The molecule has 1 N–H and O–H groups in total. The number of halogens is 1. The molecular weight excluding hydrogens is 396 g/mol. The molecule has 1 saturated heterocycles. The number of nitrogens with zero attached hydrogens (tertiary/aromatic N) is 1. The molecular formula is C21H23ClN2O5. The number of fused-ring (bicyclic) bond motifs is 1. The quantitative estimate of drug-likeness (QED) is 0.451. The fraction of sp³-hybridized carbons (Fsp3) is 0.429. The number of hydrogen-bond acceptors (Lipinski definition) is 5. The van der Waals surface area contributed by atoms with Crippen LogP contribution in [-0.2, 0) is 23.9 Å². The van der Waals surface area contributed by atoms with Crippen LogP contribution in [0.4, 0.5) is 5.69 Å². The Morgan fingerprint density at radius 2 is 1.72 bits per heavy atom. The first-order chi connectivity index (χ1) is 13.7. The van der Waals surface area contributed by atoms with Gasteiger partial charge >= 0.3 is 5.97 Å². The molecule has 1 aromatic rings. The van der Waals surface area contributed by atoms with Gasteiger partial charge in [-0.3, -0.25) is 19.3 Å². The van der Waals surface area contributed by atoms with Crippen molar-refractivity contribution in [3.8, 4) is 0 Å². The normalized spacial score (nSPS) is 22.8. The first-order valence-electron chi connectivity index (χ1n) is 9.50. The van der Waals surface area contributed by atoms with Gasteiger partial charge in [0.25, 0.3) is 5.91 Å². The van der Waals surface area contributed by atoms with Gasteiger partial charge < -0.3 is 10.1 Å². The Kier molecular flexibility index (Phi) is 6.07. The largest absolute Gasteiger partial charge is 0.451 e. The molecule has 0 spiro atoms. The first-order valence-corrected chi connectivity index (χ1v) is 9.88. The number of allylic oxidation sites excluding steroid dienone is 2. The molecule has 1 aromatic carbocycles. The van der Waals surface area contributed by atoms with Crippen LogP contribution in [-0.4, -0.2) is 40.7 Å². The maximum Gasteiger partial charge on any atom is 0.329 e. The molecule has 2 aliphatic rings. The Morgan fingerprint density at radius 1 is 1.14 bits per heavy atom. The van der Waals surface area contributed by atoms with Crippen LogP contribution in [0.25, 0.3) is 0 Å². The molecule has 0 bridgehead atoms. The summed E-state index contributed by atoms with van der Waals surface area (Å²) < 4.78 is 5.23. The number of amides is 3. The topological polar surface area (TPSA) is 92.8 Å². The minimum Gasteiger partial charge on any atom is -0.451 e. The van der Waals surface area contributed by atoms with Gasteiger partial charge in [-0.05, 0) is 51.3 Å². The van der Waals surface area contributed by atoms with E-state index in [0.717, 1.165) is 10.5 Å². The average molecular weight is 419 g/mol. The van der Waals surface area contributed by atoms with Crippen molar-refractivity contribution in [1.29, 1.82) is 0 Å². The molecule has 7 nitrogen and oxygen atoms in total. The van der Waals surface area contributed by atoms with Crippen molar-refractivity contribution in [2.45, 2.75) is 45.8 Å². The van der Waals surface area contributed by atoms with E-state index >= 15 is 0 Å². The molecule has 1 heterocycles. The van der Waals surface area contributed by atoms with Crippen molar-refractivity contribution in [2.24, 2.45) is 11.8 Å². The molecule has 1 fully saturated rings. The van der Waals surface area contributed by atoms with Crippen LogP contribution >= 0.6 is 11.6 Å². The highest BCUT2D eigenvalue weighted by atomic mass is 35.5. The van der Waals surface area contributed by atoms with Crippen LogP contribution in [0.3, 0.4) is 0 Å². The van der Waals surface area contributed by atoms with E-state index in [9.17, 15) is 19.2 Å². The van der Waals surface area contributed by atoms with Crippen LogP contribution in [0.15, 0.2) is 30.4 Å². The predicted molar refractivity (Wildman–Crippen MR) is 107 cm³/mol. The van der Waals surface area contributed by atoms with E-state index in [4.69, 9.17) is 16.3 Å². The molecule has 3 amide bonds. The van der Waals surface area contributed by atoms with Crippen LogP contribution in [0, 0.1) is 18.8 Å². The third-order valence-corrected chi connectivity index (χ3v) is 5.62. The van der Waals surface area contributed by atoms with Crippen molar-refractivity contribution < 1.29 is 23.9 Å². The summed E-state index contributed by atoms with van der Waals surface area (Å²) in [6.45, 7) is 4.68. The monoisotopic (exact) mass is 418 g/mol. The summed E-state index contributed by atoms with van der Waals surface area (Å²) in [6.07, 6.45) is 3.63. The highest BCUT2D eigenvalue weighted by Crippen LogP contribution is 2.36. The lowest BCUT2D eigenvalue weighted by molar-refractivity contribution is -0.163. The molecule has 1 aliphatic carbocycles. The zero-order valence-electron chi connectivity index (χ0n) is 16.5. The fourth-order valence-electron chi connectivity index (χ4n) is 3.60. The van der Waals surface area contributed by atoms with Gasteiger partial charge in [0.1, 0.15) is 6.04 Å².